The first-order valence-corrected chi connectivity index (χ1v) is 13.9. The van der Waals surface area contributed by atoms with Crippen LogP contribution in [0.3, 0.4) is 0 Å². The Balaban J connectivity index is 1.64. The van der Waals surface area contributed by atoms with Gasteiger partial charge in [-0.05, 0) is 98.1 Å². The zero-order valence-corrected chi connectivity index (χ0v) is 21.9. The molecular formula is C28H30ClFN2O3S. The number of hydrogen-bond acceptors (Lipinski definition) is 4. The lowest BCUT2D eigenvalue weighted by molar-refractivity contribution is -0.118. The summed E-state index contributed by atoms with van der Waals surface area (Å²) in [6.45, 7) is 5.10. The third-order valence-corrected chi connectivity index (χ3v) is 8.83. The quantitative estimate of drug-likeness (QED) is 0.408. The number of hydrogen-bond donors (Lipinski definition) is 2. The highest BCUT2D eigenvalue weighted by Crippen LogP contribution is 2.40. The molecular weight excluding hydrogens is 499 g/mol. The predicted molar refractivity (Wildman–Crippen MR) is 141 cm³/mol. The zero-order chi connectivity index (χ0) is 25.9. The van der Waals surface area contributed by atoms with Crippen LogP contribution in [0.15, 0.2) is 76.5 Å². The molecule has 8 heteroatoms. The van der Waals surface area contributed by atoms with Gasteiger partial charge in [-0.15, -0.1) is 0 Å². The van der Waals surface area contributed by atoms with Gasteiger partial charge in [-0.1, -0.05) is 37.6 Å². The maximum Gasteiger partial charge on any atom is 0.226 e. The van der Waals surface area contributed by atoms with Crippen LogP contribution in [0.2, 0.25) is 5.02 Å². The van der Waals surface area contributed by atoms with Crippen LogP contribution in [0, 0.1) is 11.7 Å². The SMILES string of the molecule is CC(C)C(=O)Nc1ccc(F)c(C2(Cc3ccc(S(=O)(=O)c4ccc(Cl)cc4)cc3)CCNCC2)c1. The lowest BCUT2D eigenvalue weighted by Crippen LogP contribution is -2.42. The molecule has 0 aromatic heterocycles. The Morgan fingerprint density at radius 1 is 1.00 bits per heavy atom. The first-order valence-electron chi connectivity index (χ1n) is 12.0. The average molecular weight is 529 g/mol. The maximum atomic E-state index is 15.2. The molecule has 3 aromatic carbocycles. The van der Waals surface area contributed by atoms with E-state index in [0.29, 0.717) is 22.7 Å². The Morgan fingerprint density at radius 2 is 1.58 bits per heavy atom. The summed E-state index contributed by atoms with van der Waals surface area (Å²) in [5, 5.41) is 6.69. The Bertz CT molecular complexity index is 1330. The standard InChI is InChI=1S/C28H30ClFN2O3S/c1-19(2)27(33)32-22-7-12-26(30)25(17-22)28(13-15-31-16-14-28)18-20-3-8-23(9-4-20)36(34,35)24-10-5-21(29)6-11-24/h3-12,17,19,31H,13-16,18H2,1-2H3,(H,32,33). The molecule has 36 heavy (non-hydrogen) atoms. The Morgan fingerprint density at radius 3 is 2.17 bits per heavy atom. The van der Waals surface area contributed by atoms with E-state index in [-0.39, 0.29) is 27.4 Å². The van der Waals surface area contributed by atoms with Crippen LogP contribution in [0.1, 0.15) is 37.8 Å². The summed E-state index contributed by atoms with van der Waals surface area (Å²) in [4.78, 5) is 12.6. The fraction of sp³-hybridized carbons (Fsp3) is 0.321. The second-order valence-electron chi connectivity index (χ2n) is 9.65. The molecule has 0 spiro atoms. The minimum absolute atomic E-state index is 0.121. The molecule has 0 atom stereocenters. The number of piperidine rings is 1. The number of nitrogens with one attached hydrogen (secondary N) is 2. The fourth-order valence-corrected chi connectivity index (χ4v) is 6.06. The van der Waals surface area contributed by atoms with Crippen LogP contribution >= 0.6 is 11.6 Å². The number of carbonyl (C=O) groups excluding carboxylic acids is 1. The normalized spacial score (nSPS) is 15.6. The minimum atomic E-state index is -3.67. The van der Waals surface area contributed by atoms with Gasteiger partial charge in [-0.25, -0.2) is 12.8 Å². The van der Waals surface area contributed by atoms with Crippen molar-refractivity contribution in [3.63, 3.8) is 0 Å². The van der Waals surface area contributed by atoms with E-state index >= 15 is 4.39 Å². The Labute approximate surface area is 217 Å². The molecule has 4 rings (SSSR count). The molecule has 5 nitrogen and oxygen atoms in total. The summed E-state index contributed by atoms with van der Waals surface area (Å²) >= 11 is 5.90. The molecule has 0 saturated carbocycles. The van der Waals surface area contributed by atoms with Crippen LogP contribution in [-0.4, -0.2) is 27.4 Å². The number of anilines is 1. The van der Waals surface area contributed by atoms with Crippen molar-refractivity contribution in [2.24, 2.45) is 5.92 Å². The summed E-state index contributed by atoms with van der Waals surface area (Å²) in [6, 6.07) is 17.6. The van der Waals surface area contributed by atoms with Crippen LogP contribution < -0.4 is 10.6 Å². The Hall–Kier alpha value is -2.74. The average Bonchev–Trinajstić information content (AvgIpc) is 2.86. The van der Waals surface area contributed by atoms with E-state index in [0.717, 1.165) is 31.5 Å². The monoisotopic (exact) mass is 528 g/mol. The molecule has 1 aliphatic heterocycles. The lowest BCUT2D eigenvalue weighted by atomic mass is 9.69. The molecule has 0 aliphatic carbocycles. The van der Waals surface area contributed by atoms with Crippen molar-refractivity contribution in [2.45, 2.75) is 48.3 Å². The van der Waals surface area contributed by atoms with Gasteiger partial charge in [0.05, 0.1) is 9.79 Å². The molecule has 1 saturated heterocycles. The number of halogens is 2. The highest BCUT2D eigenvalue weighted by Gasteiger charge is 2.36. The second-order valence-corrected chi connectivity index (χ2v) is 12.0. The van der Waals surface area contributed by atoms with Gasteiger partial charge in [0.25, 0.3) is 0 Å². The number of rotatable bonds is 7. The summed E-state index contributed by atoms with van der Waals surface area (Å²) in [6.07, 6.45) is 1.99. The van der Waals surface area contributed by atoms with E-state index in [4.69, 9.17) is 11.6 Å². The van der Waals surface area contributed by atoms with Gasteiger partial charge < -0.3 is 10.6 Å². The van der Waals surface area contributed by atoms with Crippen molar-refractivity contribution in [2.75, 3.05) is 18.4 Å². The van der Waals surface area contributed by atoms with E-state index in [1.165, 1.54) is 18.2 Å². The topological polar surface area (TPSA) is 75.3 Å². The molecule has 1 aliphatic rings. The van der Waals surface area contributed by atoms with Gasteiger partial charge in [-0.3, -0.25) is 4.79 Å². The van der Waals surface area contributed by atoms with Gasteiger partial charge in [0.2, 0.25) is 15.7 Å². The van der Waals surface area contributed by atoms with Crippen molar-refractivity contribution in [1.82, 2.24) is 5.32 Å². The summed E-state index contributed by atoms with van der Waals surface area (Å²) in [5.41, 5.74) is 1.59. The molecule has 3 aromatic rings. The number of carbonyl (C=O) groups is 1. The largest absolute Gasteiger partial charge is 0.326 e. The fourth-order valence-electron chi connectivity index (χ4n) is 4.67. The minimum Gasteiger partial charge on any atom is -0.326 e. The molecule has 190 valence electrons. The number of benzene rings is 3. The smallest absolute Gasteiger partial charge is 0.226 e. The van der Waals surface area contributed by atoms with Crippen molar-refractivity contribution in [3.05, 3.63) is 88.7 Å². The van der Waals surface area contributed by atoms with Crippen molar-refractivity contribution >= 4 is 33.0 Å². The number of amides is 1. The van der Waals surface area contributed by atoms with E-state index in [9.17, 15) is 13.2 Å². The van der Waals surface area contributed by atoms with Crippen molar-refractivity contribution < 1.29 is 17.6 Å². The molecule has 1 heterocycles. The van der Waals surface area contributed by atoms with Crippen molar-refractivity contribution in [1.29, 1.82) is 0 Å². The highest BCUT2D eigenvalue weighted by molar-refractivity contribution is 7.91. The van der Waals surface area contributed by atoms with Gasteiger partial charge in [-0.2, -0.15) is 0 Å². The molecule has 0 radical (unpaired) electrons. The van der Waals surface area contributed by atoms with E-state index in [2.05, 4.69) is 10.6 Å². The third-order valence-electron chi connectivity index (χ3n) is 6.79. The van der Waals surface area contributed by atoms with Gasteiger partial charge in [0.1, 0.15) is 5.82 Å². The van der Waals surface area contributed by atoms with E-state index < -0.39 is 15.3 Å². The summed E-state index contributed by atoms with van der Waals surface area (Å²) in [7, 11) is -3.67. The summed E-state index contributed by atoms with van der Waals surface area (Å²) < 4.78 is 41.2. The first kappa shape index (κ1) is 26.3. The van der Waals surface area contributed by atoms with E-state index in [1.807, 2.05) is 13.8 Å². The molecule has 2 N–H and O–H groups in total. The van der Waals surface area contributed by atoms with Gasteiger partial charge in [0.15, 0.2) is 0 Å². The molecule has 1 amide bonds. The van der Waals surface area contributed by atoms with Gasteiger partial charge >= 0.3 is 0 Å². The lowest BCUT2D eigenvalue weighted by Gasteiger charge is -2.39. The molecule has 0 unspecified atom stereocenters. The van der Waals surface area contributed by atoms with Crippen LogP contribution in [-0.2, 0) is 26.5 Å². The first-order chi connectivity index (χ1) is 17.1. The Kier molecular flexibility index (Phi) is 7.83. The highest BCUT2D eigenvalue weighted by atomic mass is 35.5. The third kappa shape index (κ3) is 5.64. The van der Waals surface area contributed by atoms with Crippen LogP contribution in [0.4, 0.5) is 10.1 Å². The maximum absolute atomic E-state index is 15.2. The zero-order valence-electron chi connectivity index (χ0n) is 20.4. The summed E-state index contributed by atoms with van der Waals surface area (Å²) in [5.74, 6) is -0.611. The molecule has 1 fully saturated rings. The number of sulfone groups is 1. The second kappa shape index (κ2) is 10.7. The van der Waals surface area contributed by atoms with Crippen LogP contribution in [0.25, 0.3) is 0 Å². The van der Waals surface area contributed by atoms with Crippen LogP contribution in [0.5, 0.6) is 0 Å². The van der Waals surface area contributed by atoms with E-state index in [1.54, 1.807) is 48.5 Å². The predicted octanol–water partition coefficient (Wildman–Crippen LogP) is 5.77. The molecule has 0 bridgehead atoms. The van der Waals surface area contributed by atoms with Crippen molar-refractivity contribution in [3.8, 4) is 0 Å². The van der Waals surface area contributed by atoms with Gasteiger partial charge in [0, 0.05) is 22.0 Å².